The number of amides is 1. The molecule has 35 heavy (non-hydrogen) atoms. The van der Waals surface area contributed by atoms with Crippen molar-refractivity contribution in [2.45, 2.75) is 17.9 Å². The fourth-order valence-corrected chi connectivity index (χ4v) is 5.64. The molecule has 7 nitrogen and oxygen atoms in total. The van der Waals surface area contributed by atoms with Crippen LogP contribution in [-0.2, 0) is 14.8 Å². The topological polar surface area (TPSA) is 88.1 Å². The minimum absolute atomic E-state index is 0.0982. The average molecular weight is 575 g/mol. The molecule has 1 fully saturated rings. The number of carbonyl (C=O) groups excluding carboxylic acids is 1. The summed E-state index contributed by atoms with van der Waals surface area (Å²) in [6.45, 7) is 1.44. The first-order valence-electron chi connectivity index (χ1n) is 10.8. The molecule has 10 heteroatoms. The van der Waals surface area contributed by atoms with Crippen LogP contribution in [0.5, 0.6) is 5.75 Å². The predicted octanol–water partition coefficient (Wildman–Crippen LogP) is 4.60. The van der Waals surface area contributed by atoms with Crippen molar-refractivity contribution in [2.24, 2.45) is 5.10 Å². The van der Waals surface area contributed by atoms with E-state index in [1.807, 2.05) is 43.0 Å². The number of benzene rings is 3. The van der Waals surface area contributed by atoms with E-state index in [9.17, 15) is 13.2 Å². The molecular formula is C25H24BrN3O4S2. The van der Waals surface area contributed by atoms with Crippen molar-refractivity contribution < 1.29 is 17.9 Å². The number of nitrogens with zero attached hydrogens (tertiary/aromatic N) is 2. The van der Waals surface area contributed by atoms with Crippen LogP contribution in [0.2, 0.25) is 0 Å². The van der Waals surface area contributed by atoms with Gasteiger partial charge in [-0.05, 0) is 55.0 Å². The van der Waals surface area contributed by atoms with Gasteiger partial charge in [0, 0.05) is 16.0 Å². The molecule has 1 amide bonds. The first-order valence-corrected chi connectivity index (χ1v) is 14.2. The van der Waals surface area contributed by atoms with E-state index in [0.29, 0.717) is 10.2 Å². The molecule has 1 saturated heterocycles. The maximum absolute atomic E-state index is 13.4. The Morgan fingerprint density at radius 1 is 1.14 bits per heavy atom. The molecular weight excluding hydrogens is 550 g/mol. The van der Waals surface area contributed by atoms with Gasteiger partial charge in [0.15, 0.2) is 0 Å². The summed E-state index contributed by atoms with van der Waals surface area (Å²) in [7, 11) is -3.99. The fourth-order valence-electron chi connectivity index (χ4n) is 3.27. The van der Waals surface area contributed by atoms with Gasteiger partial charge in [-0.25, -0.2) is 13.8 Å². The smallest absolute Gasteiger partial charge is 0.264 e. The molecule has 0 saturated carbocycles. The number of aryl methyl sites for hydroxylation is 1. The summed E-state index contributed by atoms with van der Waals surface area (Å²) in [5, 5.41) is 4.01. The zero-order chi connectivity index (χ0) is 24.8. The number of anilines is 1. The largest absolute Gasteiger partial charge is 0.489 e. The maximum atomic E-state index is 13.4. The molecule has 3 aromatic rings. The highest BCUT2D eigenvalue weighted by Gasteiger charge is 2.27. The molecule has 1 aliphatic rings. The second-order valence-corrected chi connectivity index (χ2v) is 11.8. The van der Waals surface area contributed by atoms with Gasteiger partial charge in [0.25, 0.3) is 15.9 Å². The minimum Gasteiger partial charge on any atom is -0.489 e. The van der Waals surface area contributed by atoms with Gasteiger partial charge in [0.1, 0.15) is 18.4 Å². The van der Waals surface area contributed by atoms with Gasteiger partial charge >= 0.3 is 0 Å². The lowest BCUT2D eigenvalue weighted by atomic mass is 10.2. The fraction of sp³-hybridized carbons (Fsp3) is 0.200. The Bertz CT molecular complexity index is 1330. The normalized spacial score (nSPS) is 13.9. The van der Waals surface area contributed by atoms with E-state index in [4.69, 9.17) is 4.74 Å². The molecule has 1 heterocycles. The van der Waals surface area contributed by atoms with Crippen LogP contribution < -0.4 is 14.5 Å². The lowest BCUT2D eigenvalue weighted by Gasteiger charge is -2.25. The second kappa shape index (κ2) is 11.3. The number of hydrogen-bond donors (Lipinski definition) is 1. The zero-order valence-corrected chi connectivity index (χ0v) is 22.1. The van der Waals surface area contributed by atoms with Crippen molar-refractivity contribution in [3.8, 4) is 5.75 Å². The van der Waals surface area contributed by atoms with Crippen molar-refractivity contribution in [2.75, 3.05) is 22.4 Å². The number of carbonyl (C=O) groups is 1. The van der Waals surface area contributed by atoms with Crippen LogP contribution in [0.25, 0.3) is 0 Å². The summed E-state index contributed by atoms with van der Waals surface area (Å²) in [6, 6.07) is 20.7. The third kappa shape index (κ3) is 6.65. The van der Waals surface area contributed by atoms with Gasteiger partial charge in [-0.2, -0.15) is 16.9 Å². The number of hydrogen-bond acceptors (Lipinski definition) is 6. The van der Waals surface area contributed by atoms with Gasteiger partial charge in [0.05, 0.1) is 16.8 Å². The molecule has 0 aromatic heterocycles. The van der Waals surface area contributed by atoms with Crippen LogP contribution in [0.4, 0.5) is 5.69 Å². The minimum atomic E-state index is -3.99. The van der Waals surface area contributed by atoms with Gasteiger partial charge in [-0.1, -0.05) is 51.8 Å². The number of hydrazone groups is 1. The highest BCUT2D eigenvalue weighted by Crippen LogP contribution is 2.27. The van der Waals surface area contributed by atoms with Crippen LogP contribution in [-0.4, -0.2) is 44.7 Å². The Labute approximate surface area is 217 Å². The van der Waals surface area contributed by atoms with Crippen molar-refractivity contribution in [3.05, 3.63) is 88.4 Å². The van der Waals surface area contributed by atoms with E-state index >= 15 is 0 Å². The van der Waals surface area contributed by atoms with Crippen LogP contribution in [0.3, 0.4) is 0 Å². The van der Waals surface area contributed by atoms with Crippen LogP contribution in [0, 0.1) is 6.92 Å². The van der Waals surface area contributed by atoms with E-state index in [0.717, 1.165) is 32.7 Å². The predicted molar refractivity (Wildman–Crippen MR) is 144 cm³/mol. The number of thioether (sulfide) groups is 1. The molecule has 0 bridgehead atoms. The summed E-state index contributed by atoms with van der Waals surface area (Å²) in [5.74, 6) is 2.13. The molecule has 1 aliphatic heterocycles. The summed E-state index contributed by atoms with van der Waals surface area (Å²) < 4.78 is 34.5. The summed E-state index contributed by atoms with van der Waals surface area (Å²) in [6.07, 6.45) is 1.73. The van der Waals surface area contributed by atoms with Crippen molar-refractivity contribution in [1.82, 2.24) is 5.43 Å². The van der Waals surface area contributed by atoms with Gasteiger partial charge in [-0.3, -0.25) is 9.10 Å². The van der Waals surface area contributed by atoms with E-state index in [2.05, 4.69) is 26.5 Å². The van der Waals surface area contributed by atoms with E-state index in [1.54, 1.807) is 36.4 Å². The first-order chi connectivity index (χ1) is 16.8. The lowest BCUT2D eigenvalue weighted by molar-refractivity contribution is -0.119. The number of rotatable bonds is 9. The SMILES string of the molecule is Cc1ccc(S(=O)(=O)N(CC(=O)N/N=C\c2cccc(OC3CSC3)c2)c2cccc(Br)c2)cc1. The molecule has 1 N–H and O–H groups in total. The zero-order valence-electron chi connectivity index (χ0n) is 18.9. The number of halogens is 1. The quantitative estimate of drug-likeness (QED) is 0.298. The number of nitrogens with one attached hydrogen (secondary N) is 1. The number of sulfonamides is 1. The molecule has 0 spiro atoms. The standard InChI is InChI=1S/C25H24BrN3O4S2/c1-18-8-10-24(11-9-18)35(31,32)29(21-6-3-5-20(26)13-21)15-25(30)28-27-14-19-4-2-7-22(12-19)33-23-16-34-17-23/h2-14,23H,15-17H2,1H3,(H,28,30)/b27-14-. The van der Waals surface area contributed by atoms with Gasteiger partial charge < -0.3 is 4.74 Å². The van der Waals surface area contributed by atoms with E-state index in [-0.39, 0.29) is 11.0 Å². The Kier molecular flexibility index (Phi) is 8.15. The van der Waals surface area contributed by atoms with Gasteiger partial charge in [0.2, 0.25) is 0 Å². The summed E-state index contributed by atoms with van der Waals surface area (Å²) in [4.78, 5) is 12.8. The molecule has 3 aromatic carbocycles. The van der Waals surface area contributed by atoms with E-state index in [1.165, 1.54) is 18.3 Å². The molecule has 0 unspecified atom stereocenters. The Balaban J connectivity index is 1.48. The molecule has 0 radical (unpaired) electrons. The average Bonchev–Trinajstić information content (AvgIpc) is 2.80. The Morgan fingerprint density at radius 3 is 2.57 bits per heavy atom. The van der Waals surface area contributed by atoms with Crippen molar-refractivity contribution in [3.63, 3.8) is 0 Å². The first kappa shape index (κ1) is 25.3. The summed E-state index contributed by atoms with van der Waals surface area (Å²) in [5.41, 5.74) is 4.48. The van der Waals surface area contributed by atoms with Crippen LogP contribution in [0.1, 0.15) is 11.1 Å². The second-order valence-electron chi connectivity index (χ2n) is 7.95. The van der Waals surface area contributed by atoms with E-state index < -0.39 is 22.5 Å². The highest BCUT2D eigenvalue weighted by atomic mass is 79.9. The molecule has 0 aliphatic carbocycles. The summed E-state index contributed by atoms with van der Waals surface area (Å²) >= 11 is 5.21. The third-order valence-corrected chi connectivity index (χ3v) is 8.66. The maximum Gasteiger partial charge on any atom is 0.264 e. The number of ether oxygens (including phenoxy) is 1. The van der Waals surface area contributed by atoms with Crippen LogP contribution in [0.15, 0.2) is 87.3 Å². The Morgan fingerprint density at radius 2 is 1.89 bits per heavy atom. The Hall–Kier alpha value is -2.82. The third-order valence-electron chi connectivity index (χ3n) is 5.16. The van der Waals surface area contributed by atoms with Crippen molar-refractivity contribution >= 4 is 55.5 Å². The van der Waals surface area contributed by atoms with Gasteiger partial charge in [-0.15, -0.1) is 0 Å². The highest BCUT2D eigenvalue weighted by molar-refractivity contribution is 9.10. The lowest BCUT2D eigenvalue weighted by Crippen LogP contribution is -2.39. The molecule has 4 rings (SSSR count). The van der Waals surface area contributed by atoms with Crippen molar-refractivity contribution in [1.29, 1.82) is 0 Å². The molecule has 0 atom stereocenters. The monoisotopic (exact) mass is 573 g/mol. The molecule has 182 valence electrons. The van der Waals surface area contributed by atoms with Crippen LogP contribution >= 0.6 is 27.7 Å².